The second kappa shape index (κ2) is 7.63. The third-order valence-corrected chi connectivity index (χ3v) is 3.68. The van der Waals surface area contributed by atoms with Crippen molar-refractivity contribution in [3.05, 3.63) is 77.4 Å². The van der Waals surface area contributed by atoms with E-state index in [-0.39, 0.29) is 23.0 Å². The smallest absolute Gasteiger partial charge is 0.322 e. The maximum absolute atomic E-state index is 13.8. The maximum Gasteiger partial charge on any atom is 0.416 e. The number of amides is 1. The van der Waals surface area contributed by atoms with Gasteiger partial charge in [-0.3, -0.25) is 4.79 Å². The van der Waals surface area contributed by atoms with Crippen LogP contribution >= 0.6 is 0 Å². The topological polar surface area (TPSA) is 66.9 Å². The molecule has 0 saturated carbocycles. The lowest BCUT2D eigenvalue weighted by Crippen LogP contribution is -2.16. The zero-order valence-corrected chi connectivity index (χ0v) is 14.5. The SMILES string of the molecule is Cc1cc(C(=O)Nc2ccc(C(F)(F)F)cc2)nc(Nc2ccccc2F)n1. The summed E-state index contributed by atoms with van der Waals surface area (Å²) in [5.41, 5.74) is -0.0718. The second-order valence-electron chi connectivity index (χ2n) is 5.85. The van der Waals surface area contributed by atoms with Crippen molar-refractivity contribution in [3.8, 4) is 0 Å². The first-order chi connectivity index (χ1) is 13.2. The monoisotopic (exact) mass is 390 g/mol. The molecule has 0 radical (unpaired) electrons. The highest BCUT2D eigenvalue weighted by Crippen LogP contribution is 2.29. The van der Waals surface area contributed by atoms with Gasteiger partial charge in [0.05, 0.1) is 11.3 Å². The van der Waals surface area contributed by atoms with Gasteiger partial charge in [-0.1, -0.05) is 12.1 Å². The summed E-state index contributed by atoms with van der Waals surface area (Å²) in [5.74, 6) is -1.13. The molecule has 9 heteroatoms. The molecule has 0 aliphatic heterocycles. The lowest BCUT2D eigenvalue weighted by molar-refractivity contribution is -0.137. The average molecular weight is 390 g/mol. The van der Waals surface area contributed by atoms with Crippen molar-refractivity contribution in [1.29, 1.82) is 0 Å². The van der Waals surface area contributed by atoms with E-state index in [9.17, 15) is 22.4 Å². The number of halogens is 4. The quantitative estimate of drug-likeness (QED) is 0.620. The van der Waals surface area contributed by atoms with Gasteiger partial charge in [0, 0.05) is 11.4 Å². The van der Waals surface area contributed by atoms with Crippen molar-refractivity contribution in [2.75, 3.05) is 10.6 Å². The first-order valence-corrected chi connectivity index (χ1v) is 8.08. The Morgan fingerprint density at radius 1 is 1.00 bits per heavy atom. The lowest BCUT2D eigenvalue weighted by Gasteiger charge is -2.10. The zero-order chi connectivity index (χ0) is 20.3. The number of nitrogens with one attached hydrogen (secondary N) is 2. The average Bonchev–Trinajstić information content (AvgIpc) is 2.63. The molecule has 2 N–H and O–H groups in total. The Morgan fingerprint density at radius 2 is 1.68 bits per heavy atom. The van der Waals surface area contributed by atoms with E-state index < -0.39 is 23.5 Å². The summed E-state index contributed by atoms with van der Waals surface area (Å²) in [6.07, 6.45) is -4.46. The number of carbonyl (C=O) groups is 1. The Hall–Kier alpha value is -3.49. The summed E-state index contributed by atoms with van der Waals surface area (Å²) in [6.45, 7) is 1.63. The summed E-state index contributed by atoms with van der Waals surface area (Å²) in [6, 6.07) is 11.3. The van der Waals surface area contributed by atoms with E-state index in [0.29, 0.717) is 5.69 Å². The molecule has 3 rings (SSSR count). The molecule has 144 valence electrons. The molecule has 0 aliphatic rings. The number of para-hydroxylation sites is 1. The van der Waals surface area contributed by atoms with Gasteiger partial charge >= 0.3 is 6.18 Å². The number of aromatic nitrogens is 2. The summed E-state index contributed by atoms with van der Waals surface area (Å²) in [7, 11) is 0. The molecule has 1 amide bonds. The maximum atomic E-state index is 13.8. The van der Waals surface area contributed by atoms with Crippen molar-refractivity contribution in [3.63, 3.8) is 0 Å². The molecule has 28 heavy (non-hydrogen) atoms. The standard InChI is InChI=1S/C19H14F4N4O/c1-11-10-16(27-18(24-11)26-15-5-3-2-4-14(15)20)17(28)25-13-8-6-12(7-9-13)19(21,22)23/h2-10H,1H3,(H,25,28)(H,24,26,27). The summed E-state index contributed by atoms with van der Waals surface area (Å²) >= 11 is 0. The van der Waals surface area contributed by atoms with Crippen molar-refractivity contribution in [2.45, 2.75) is 13.1 Å². The molecule has 0 saturated heterocycles. The minimum Gasteiger partial charge on any atom is -0.322 e. The van der Waals surface area contributed by atoms with Gasteiger partial charge in [-0.2, -0.15) is 13.2 Å². The van der Waals surface area contributed by atoms with Gasteiger partial charge < -0.3 is 10.6 Å². The Kier molecular flexibility index (Phi) is 5.25. The molecular formula is C19H14F4N4O. The van der Waals surface area contributed by atoms with E-state index in [1.54, 1.807) is 13.0 Å². The van der Waals surface area contributed by atoms with Crippen LogP contribution in [0.2, 0.25) is 0 Å². The van der Waals surface area contributed by atoms with Crippen LogP contribution in [-0.2, 0) is 6.18 Å². The van der Waals surface area contributed by atoms with E-state index in [1.807, 2.05) is 0 Å². The van der Waals surface area contributed by atoms with Crippen molar-refractivity contribution < 1.29 is 22.4 Å². The highest BCUT2D eigenvalue weighted by Gasteiger charge is 2.30. The summed E-state index contributed by atoms with van der Waals surface area (Å²) in [5, 5.41) is 5.16. The van der Waals surface area contributed by atoms with Gasteiger partial charge in [-0.05, 0) is 49.4 Å². The molecule has 1 heterocycles. The number of alkyl halides is 3. The van der Waals surface area contributed by atoms with E-state index in [1.165, 1.54) is 24.3 Å². The van der Waals surface area contributed by atoms with Gasteiger partial charge in [0.15, 0.2) is 0 Å². The van der Waals surface area contributed by atoms with Gasteiger partial charge in [-0.15, -0.1) is 0 Å². The van der Waals surface area contributed by atoms with E-state index >= 15 is 0 Å². The Bertz CT molecular complexity index is 1000. The lowest BCUT2D eigenvalue weighted by atomic mass is 10.2. The van der Waals surface area contributed by atoms with Gasteiger partial charge in [0.25, 0.3) is 5.91 Å². The number of benzene rings is 2. The first kappa shape index (κ1) is 19.3. The van der Waals surface area contributed by atoms with Crippen LogP contribution in [0, 0.1) is 12.7 Å². The van der Waals surface area contributed by atoms with Crippen molar-refractivity contribution >= 4 is 23.2 Å². The minimum absolute atomic E-state index is 0.0164. The number of nitrogens with zero attached hydrogens (tertiary/aromatic N) is 2. The van der Waals surface area contributed by atoms with Crippen LogP contribution in [0.15, 0.2) is 54.6 Å². The molecule has 0 unspecified atom stereocenters. The van der Waals surface area contributed by atoms with Crippen LogP contribution in [0.1, 0.15) is 21.7 Å². The predicted molar refractivity (Wildman–Crippen MR) is 95.8 cm³/mol. The van der Waals surface area contributed by atoms with Crippen LogP contribution in [0.25, 0.3) is 0 Å². The van der Waals surface area contributed by atoms with E-state index in [0.717, 1.165) is 24.3 Å². The Morgan fingerprint density at radius 3 is 2.32 bits per heavy atom. The van der Waals surface area contributed by atoms with Crippen LogP contribution < -0.4 is 10.6 Å². The van der Waals surface area contributed by atoms with E-state index in [4.69, 9.17) is 0 Å². The molecule has 0 atom stereocenters. The van der Waals surface area contributed by atoms with E-state index in [2.05, 4.69) is 20.6 Å². The van der Waals surface area contributed by atoms with Crippen LogP contribution in [-0.4, -0.2) is 15.9 Å². The normalized spacial score (nSPS) is 11.2. The molecule has 0 bridgehead atoms. The van der Waals surface area contributed by atoms with Crippen LogP contribution in [0.4, 0.5) is 34.9 Å². The van der Waals surface area contributed by atoms with Crippen LogP contribution in [0.3, 0.4) is 0 Å². The number of aryl methyl sites for hydroxylation is 1. The molecule has 5 nitrogen and oxygen atoms in total. The number of anilines is 3. The Balaban J connectivity index is 1.78. The predicted octanol–water partition coefficient (Wildman–Crippen LogP) is 4.94. The van der Waals surface area contributed by atoms with Gasteiger partial charge in [0.2, 0.25) is 5.95 Å². The zero-order valence-electron chi connectivity index (χ0n) is 14.5. The van der Waals surface area contributed by atoms with Crippen molar-refractivity contribution in [2.24, 2.45) is 0 Å². The minimum atomic E-state index is -4.46. The Labute approximate surface area is 157 Å². The first-order valence-electron chi connectivity index (χ1n) is 8.08. The highest BCUT2D eigenvalue weighted by atomic mass is 19.4. The molecule has 0 spiro atoms. The van der Waals surface area contributed by atoms with Gasteiger partial charge in [-0.25, -0.2) is 14.4 Å². The third-order valence-electron chi connectivity index (χ3n) is 3.68. The highest BCUT2D eigenvalue weighted by molar-refractivity contribution is 6.03. The summed E-state index contributed by atoms with van der Waals surface area (Å²) in [4.78, 5) is 20.5. The largest absolute Gasteiger partial charge is 0.416 e. The molecule has 3 aromatic rings. The second-order valence-corrected chi connectivity index (χ2v) is 5.85. The fraction of sp³-hybridized carbons (Fsp3) is 0.105. The fourth-order valence-corrected chi connectivity index (χ4v) is 2.36. The molecule has 2 aromatic carbocycles. The number of hydrogen-bond donors (Lipinski definition) is 2. The van der Waals surface area contributed by atoms with Gasteiger partial charge in [0.1, 0.15) is 11.5 Å². The fourth-order valence-electron chi connectivity index (χ4n) is 2.36. The number of rotatable bonds is 4. The molecule has 0 aliphatic carbocycles. The number of hydrogen-bond acceptors (Lipinski definition) is 4. The van der Waals surface area contributed by atoms with Crippen molar-refractivity contribution in [1.82, 2.24) is 9.97 Å². The molecular weight excluding hydrogens is 376 g/mol. The summed E-state index contributed by atoms with van der Waals surface area (Å²) < 4.78 is 51.6. The van der Waals surface area contributed by atoms with Crippen LogP contribution in [0.5, 0.6) is 0 Å². The third kappa shape index (κ3) is 4.61. The number of carbonyl (C=O) groups excluding carboxylic acids is 1. The molecule has 0 fully saturated rings. The molecule has 1 aromatic heterocycles.